The molecule has 1 aliphatic heterocycles. The fourth-order valence-electron chi connectivity index (χ4n) is 3.93. The predicted octanol–water partition coefficient (Wildman–Crippen LogP) is 4.32. The van der Waals surface area contributed by atoms with Crippen LogP contribution in [0.5, 0.6) is 0 Å². The summed E-state index contributed by atoms with van der Waals surface area (Å²) in [6.45, 7) is 5.06. The van der Waals surface area contributed by atoms with E-state index in [1.54, 1.807) is 22.3 Å². The van der Waals surface area contributed by atoms with Crippen molar-refractivity contribution >= 4 is 22.2 Å². The molecule has 3 heterocycles. The van der Waals surface area contributed by atoms with Gasteiger partial charge in [-0.3, -0.25) is 4.79 Å². The molecular weight excluding hydrogens is 434 g/mol. The second-order valence-corrected chi connectivity index (χ2v) is 8.95. The van der Waals surface area contributed by atoms with Gasteiger partial charge in [0.05, 0.1) is 34.8 Å². The van der Waals surface area contributed by atoms with Crippen LogP contribution in [0.2, 0.25) is 0 Å². The van der Waals surface area contributed by atoms with Gasteiger partial charge in [0.15, 0.2) is 0 Å². The maximum Gasteiger partial charge on any atom is 0.261 e. The third-order valence-electron chi connectivity index (χ3n) is 5.74. The molecule has 1 atom stereocenters. The molecule has 0 radical (unpaired) electrons. The number of ether oxygens (including phenoxy) is 1. The summed E-state index contributed by atoms with van der Waals surface area (Å²) in [5, 5.41) is 8.43. The van der Waals surface area contributed by atoms with E-state index < -0.39 is 0 Å². The Hall–Kier alpha value is -3.49. The number of carbonyl (C=O) groups excluding carboxylic acids is 1. The molecule has 0 spiro atoms. The number of rotatable bonds is 6. The van der Waals surface area contributed by atoms with Gasteiger partial charge in [0.1, 0.15) is 12.7 Å². The van der Waals surface area contributed by atoms with E-state index in [9.17, 15) is 4.79 Å². The van der Waals surface area contributed by atoms with Crippen LogP contribution in [0.15, 0.2) is 73.3 Å². The number of carbonyl (C=O) groups is 1. The minimum Gasteiger partial charge on any atom is -0.378 e. The van der Waals surface area contributed by atoms with Crippen molar-refractivity contribution in [2.24, 2.45) is 0 Å². The second kappa shape index (κ2) is 9.56. The van der Waals surface area contributed by atoms with Crippen LogP contribution in [-0.4, -0.2) is 47.0 Å². The van der Waals surface area contributed by atoms with Gasteiger partial charge in [-0.05, 0) is 36.2 Å². The van der Waals surface area contributed by atoms with Crippen molar-refractivity contribution in [3.8, 4) is 16.8 Å². The first-order valence-corrected chi connectivity index (χ1v) is 11.8. The van der Waals surface area contributed by atoms with E-state index in [1.165, 1.54) is 6.33 Å². The molecule has 33 heavy (non-hydrogen) atoms. The Morgan fingerprint density at radius 3 is 2.55 bits per heavy atom. The third-order valence-corrected chi connectivity index (χ3v) is 6.94. The topological polar surface area (TPSA) is 72.3 Å². The number of morpholine rings is 1. The zero-order valence-electron chi connectivity index (χ0n) is 18.3. The summed E-state index contributed by atoms with van der Waals surface area (Å²) in [5.41, 5.74) is 4.17. The minimum atomic E-state index is -0.128. The molecule has 1 saturated heterocycles. The van der Waals surface area contributed by atoms with Crippen LogP contribution in [0, 0.1) is 0 Å². The highest BCUT2D eigenvalue weighted by atomic mass is 32.1. The maximum atomic E-state index is 13.2. The average Bonchev–Trinajstić information content (AvgIpc) is 3.56. The van der Waals surface area contributed by atoms with Gasteiger partial charge >= 0.3 is 0 Å². The van der Waals surface area contributed by atoms with E-state index in [4.69, 9.17) is 4.74 Å². The summed E-state index contributed by atoms with van der Waals surface area (Å²) < 4.78 is 7.23. The van der Waals surface area contributed by atoms with Crippen molar-refractivity contribution in [3.05, 3.63) is 83.8 Å². The van der Waals surface area contributed by atoms with Gasteiger partial charge in [0.25, 0.3) is 5.91 Å². The van der Waals surface area contributed by atoms with Crippen LogP contribution in [0.3, 0.4) is 0 Å². The SMILES string of the molecule is C[C@H](NC(=O)c1cc(-c2ccccc2)c(N2CCOCC2)s1)c1ccc(-n2cncn2)cc1. The van der Waals surface area contributed by atoms with Crippen molar-refractivity contribution in [1.29, 1.82) is 0 Å². The van der Waals surface area contributed by atoms with Gasteiger partial charge in [-0.1, -0.05) is 42.5 Å². The molecule has 2 aromatic heterocycles. The normalized spacial score (nSPS) is 14.8. The summed E-state index contributed by atoms with van der Waals surface area (Å²) in [6, 6.07) is 20.1. The molecule has 7 nitrogen and oxygen atoms in total. The molecule has 0 bridgehead atoms. The Bertz CT molecular complexity index is 1200. The Morgan fingerprint density at radius 1 is 1.09 bits per heavy atom. The smallest absolute Gasteiger partial charge is 0.261 e. The summed E-state index contributed by atoms with van der Waals surface area (Å²) in [6.07, 6.45) is 3.17. The van der Waals surface area contributed by atoms with E-state index in [0.717, 1.165) is 40.5 Å². The Labute approximate surface area is 196 Å². The molecule has 1 N–H and O–H groups in total. The van der Waals surface area contributed by atoms with E-state index >= 15 is 0 Å². The lowest BCUT2D eigenvalue weighted by atomic mass is 10.1. The molecule has 0 saturated carbocycles. The number of nitrogens with one attached hydrogen (secondary N) is 1. The van der Waals surface area contributed by atoms with Crippen LogP contribution >= 0.6 is 11.3 Å². The first-order chi connectivity index (χ1) is 16.2. The second-order valence-electron chi connectivity index (χ2n) is 7.92. The highest BCUT2D eigenvalue weighted by Gasteiger charge is 2.22. The molecule has 0 aliphatic carbocycles. The number of anilines is 1. The highest BCUT2D eigenvalue weighted by Crippen LogP contribution is 2.39. The van der Waals surface area contributed by atoms with Crippen LogP contribution < -0.4 is 10.2 Å². The number of hydrogen-bond acceptors (Lipinski definition) is 6. The summed E-state index contributed by atoms with van der Waals surface area (Å²) in [5.74, 6) is -0.0652. The zero-order valence-corrected chi connectivity index (χ0v) is 19.2. The van der Waals surface area contributed by atoms with Crippen molar-refractivity contribution in [1.82, 2.24) is 20.1 Å². The maximum absolute atomic E-state index is 13.2. The largest absolute Gasteiger partial charge is 0.378 e. The number of thiophene rings is 1. The fourth-order valence-corrected chi connectivity index (χ4v) is 5.06. The molecular formula is C25H25N5O2S. The fraction of sp³-hybridized carbons (Fsp3) is 0.240. The molecule has 5 rings (SSSR count). The van der Waals surface area contributed by atoms with E-state index in [0.29, 0.717) is 18.1 Å². The standard InChI is InChI=1S/C25H25N5O2S/c1-18(19-7-9-21(10-8-19)30-17-26-16-27-30)28-24(31)23-15-22(20-5-3-2-4-6-20)25(33-23)29-11-13-32-14-12-29/h2-10,15-18H,11-14H2,1H3,(H,28,31)/t18-/m0/s1. The summed E-state index contributed by atoms with van der Waals surface area (Å²) in [7, 11) is 0. The lowest BCUT2D eigenvalue weighted by molar-refractivity contribution is 0.0944. The molecule has 1 aliphatic rings. The monoisotopic (exact) mass is 459 g/mol. The van der Waals surface area contributed by atoms with Crippen molar-refractivity contribution in [3.63, 3.8) is 0 Å². The van der Waals surface area contributed by atoms with Crippen molar-refractivity contribution in [2.75, 3.05) is 31.2 Å². The first kappa shape index (κ1) is 21.4. The van der Waals surface area contributed by atoms with Gasteiger partial charge < -0.3 is 15.0 Å². The van der Waals surface area contributed by atoms with Gasteiger partial charge in [-0.25, -0.2) is 9.67 Å². The lowest BCUT2D eigenvalue weighted by Gasteiger charge is -2.28. The van der Waals surface area contributed by atoms with Crippen LogP contribution in [0.1, 0.15) is 28.2 Å². The Morgan fingerprint density at radius 2 is 1.85 bits per heavy atom. The molecule has 8 heteroatoms. The van der Waals surface area contributed by atoms with Crippen molar-refractivity contribution < 1.29 is 9.53 Å². The number of aromatic nitrogens is 3. The van der Waals surface area contributed by atoms with Gasteiger partial charge in [0, 0.05) is 18.7 Å². The number of amides is 1. The highest BCUT2D eigenvalue weighted by molar-refractivity contribution is 7.18. The quantitative estimate of drug-likeness (QED) is 0.465. The third kappa shape index (κ3) is 4.67. The predicted molar refractivity (Wildman–Crippen MR) is 130 cm³/mol. The molecule has 1 amide bonds. The molecule has 1 fully saturated rings. The van der Waals surface area contributed by atoms with E-state index in [1.807, 2.05) is 55.5 Å². The summed E-state index contributed by atoms with van der Waals surface area (Å²) in [4.78, 5) is 20.2. The average molecular weight is 460 g/mol. The van der Waals surface area contributed by atoms with E-state index in [-0.39, 0.29) is 11.9 Å². The van der Waals surface area contributed by atoms with Gasteiger partial charge in [-0.15, -0.1) is 11.3 Å². The van der Waals surface area contributed by atoms with Gasteiger partial charge in [0.2, 0.25) is 0 Å². The molecule has 0 unspecified atom stereocenters. The lowest BCUT2D eigenvalue weighted by Crippen LogP contribution is -2.35. The Balaban J connectivity index is 1.36. The number of benzene rings is 2. The van der Waals surface area contributed by atoms with E-state index in [2.05, 4.69) is 32.4 Å². The molecule has 4 aromatic rings. The van der Waals surface area contributed by atoms with Gasteiger partial charge in [-0.2, -0.15) is 5.10 Å². The Kier molecular flexibility index (Phi) is 6.19. The number of hydrogen-bond donors (Lipinski definition) is 1. The molecule has 168 valence electrons. The van der Waals surface area contributed by atoms with Crippen molar-refractivity contribution in [2.45, 2.75) is 13.0 Å². The first-order valence-electron chi connectivity index (χ1n) is 11.0. The van der Waals surface area contributed by atoms with Crippen LogP contribution in [0.25, 0.3) is 16.8 Å². The number of nitrogens with zero attached hydrogens (tertiary/aromatic N) is 4. The molecule has 2 aromatic carbocycles. The van der Waals surface area contributed by atoms with Crippen LogP contribution in [0.4, 0.5) is 5.00 Å². The minimum absolute atomic E-state index is 0.0652. The summed E-state index contributed by atoms with van der Waals surface area (Å²) >= 11 is 1.55. The van der Waals surface area contributed by atoms with Crippen LogP contribution in [-0.2, 0) is 4.74 Å². The zero-order chi connectivity index (χ0) is 22.6.